The van der Waals surface area contributed by atoms with E-state index in [0.717, 1.165) is 38.5 Å². The Kier molecular flexibility index (Phi) is 8.58. The molecule has 0 spiro atoms. The lowest BCUT2D eigenvalue weighted by atomic mass is 9.75. The fourth-order valence-corrected chi connectivity index (χ4v) is 8.29. The van der Waals surface area contributed by atoms with Crippen LogP contribution in [0.5, 0.6) is 11.5 Å². The Labute approximate surface area is 211 Å². The lowest BCUT2D eigenvalue weighted by Crippen LogP contribution is -2.37. The van der Waals surface area contributed by atoms with Gasteiger partial charge in [0.1, 0.15) is 0 Å². The molecule has 35 heavy (non-hydrogen) atoms. The van der Waals surface area contributed by atoms with Crippen molar-refractivity contribution in [3.63, 3.8) is 0 Å². The SMILES string of the molecule is CC(C)[C@H]1CC[C@@H](C)C[C@H]1OP(=O)(O[C@@H]1C[C@H](C)CC[C@H]1C(C)C)[C@H](O)c1ccc2c(c1)OCO2. The topological polar surface area (TPSA) is 74.2 Å². The van der Waals surface area contributed by atoms with Crippen molar-refractivity contribution in [1.82, 2.24) is 0 Å². The van der Waals surface area contributed by atoms with Gasteiger partial charge in [0.15, 0.2) is 17.3 Å². The molecule has 1 aromatic rings. The summed E-state index contributed by atoms with van der Waals surface area (Å²) < 4.78 is 38.8. The van der Waals surface area contributed by atoms with Gasteiger partial charge in [-0.3, -0.25) is 4.57 Å². The normalized spacial score (nSPS) is 33.6. The van der Waals surface area contributed by atoms with Crippen LogP contribution in [0.2, 0.25) is 0 Å². The van der Waals surface area contributed by atoms with Crippen LogP contribution in [0.3, 0.4) is 0 Å². The minimum absolute atomic E-state index is 0.144. The molecule has 1 unspecified atom stereocenters. The van der Waals surface area contributed by atoms with Crippen LogP contribution < -0.4 is 9.47 Å². The molecule has 1 aromatic carbocycles. The molecule has 2 aliphatic carbocycles. The molecule has 1 N–H and O–H groups in total. The first-order chi connectivity index (χ1) is 16.6. The molecule has 8 atom stereocenters. The highest BCUT2D eigenvalue weighted by Gasteiger charge is 2.46. The van der Waals surface area contributed by atoms with E-state index in [-0.39, 0.29) is 19.0 Å². The maximum absolute atomic E-state index is 14.7. The van der Waals surface area contributed by atoms with Crippen LogP contribution in [0.1, 0.15) is 91.5 Å². The van der Waals surface area contributed by atoms with Crippen molar-refractivity contribution >= 4 is 7.60 Å². The van der Waals surface area contributed by atoms with E-state index >= 15 is 0 Å². The second-order valence-electron chi connectivity index (χ2n) is 12.0. The van der Waals surface area contributed by atoms with E-state index in [4.69, 9.17) is 18.5 Å². The summed E-state index contributed by atoms with van der Waals surface area (Å²) in [7, 11) is -3.94. The molecule has 1 heterocycles. The van der Waals surface area contributed by atoms with Gasteiger partial charge in [0, 0.05) is 0 Å². The van der Waals surface area contributed by atoms with Gasteiger partial charge >= 0.3 is 7.60 Å². The molecule has 0 radical (unpaired) electrons. The van der Waals surface area contributed by atoms with Crippen molar-refractivity contribution in [2.24, 2.45) is 35.5 Å². The Morgan fingerprint density at radius 1 is 0.857 bits per heavy atom. The number of ether oxygens (including phenoxy) is 2. The molecule has 0 saturated heterocycles. The average molecular weight is 509 g/mol. The minimum Gasteiger partial charge on any atom is -0.454 e. The lowest BCUT2D eigenvalue weighted by Gasteiger charge is -2.42. The maximum Gasteiger partial charge on any atom is 0.363 e. The Hall–Kier alpha value is -1.07. The Morgan fingerprint density at radius 3 is 1.89 bits per heavy atom. The van der Waals surface area contributed by atoms with Gasteiger partial charge in [-0.1, -0.05) is 60.5 Å². The number of aliphatic hydroxyl groups is 1. The van der Waals surface area contributed by atoms with Crippen LogP contribution in [0.25, 0.3) is 0 Å². The molecular weight excluding hydrogens is 463 g/mol. The molecule has 0 aromatic heterocycles. The van der Waals surface area contributed by atoms with Crippen molar-refractivity contribution in [2.75, 3.05) is 6.79 Å². The summed E-state index contributed by atoms with van der Waals surface area (Å²) in [5.74, 6) is 2.16. The van der Waals surface area contributed by atoms with E-state index in [2.05, 4.69) is 41.5 Å². The largest absolute Gasteiger partial charge is 0.454 e. The van der Waals surface area contributed by atoms with Crippen LogP contribution in [0.4, 0.5) is 0 Å². The molecule has 0 bridgehead atoms. The highest BCUT2D eigenvalue weighted by atomic mass is 31.2. The Bertz CT molecular complexity index is 863. The fraction of sp³-hybridized carbons (Fsp3) is 0.786. The maximum atomic E-state index is 14.7. The molecule has 7 heteroatoms. The number of rotatable bonds is 8. The first-order valence-electron chi connectivity index (χ1n) is 13.6. The number of benzene rings is 1. The van der Waals surface area contributed by atoms with Crippen LogP contribution in [0.15, 0.2) is 18.2 Å². The van der Waals surface area contributed by atoms with Gasteiger partial charge in [0.05, 0.1) is 12.2 Å². The number of hydrogen-bond acceptors (Lipinski definition) is 6. The zero-order valence-corrected chi connectivity index (χ0v) is 23.2. The molecule has 0 amide bonds. The molecule has 6 nitrogen and oxygen atoms in total. The molecule has 2 fully saturated rings. The standard InChI is InChI=1S/C28H45O6P/c1-17(2)22-10-7-19(5)13-25(22)33-35(30,34-26-14-20(6)8-11-23(26)18(3)4)28(29)21-9-12-24-27(15-21)32-16-31-24/h9,12,15,17-20,22-23,25-26,28-29H,7-8,10-11,13-14,16H2,1-6H3/t19-,20-,22-,23+,25-,26-,28+,35?/m1/s1. The van der Waals surface area contributed by atoms with Crippen molar-refractivity contribution < 1.29 is 28.2 Å². The monoisotopic (exact) mass is 508 g/mol. The molecular formula is C28H45O6P. The predicted molar refractivity (Wildman–Crippen MR) is 138 cm³/mol. The Balaban J connectivity index is 1.67. The smallest absolute Gasteiger partial charge is 0.363 e. The van der Waals surface area contributed by atoms with E-state index in [1.165, 1.54) is 0 Å². The van der Waals surface area contributed by atoms with Crippen LogP contribution in [-0.2, 0) is 13.6 Å². The van der Waals surface area contributed by atoms with Gasteiger partial charge in [0.2, 0.25) is 6.79 Å². The zero-order chi connectivity index (χ0) is 25.3. The van der Waals surface area contributed by atoms with Gasteiger partial charge < -0.3 is 23.6 Å². The summed E-state index contributed by atoms with van der Waals surface area (Å²) in [6, 6.07) is 5.20. The summed E-state index contributed by atoms with van der Waals surface area (Å²) in [6.45, 7) is 13.4. The van der Waals surface area contributed by atoms with Crippen molar-refractivity contribution in [1.29, 1.82) is 0 Å². The molecule has 198 valence electrons. The lowest BCUT2D eigenvalue weighted by molar-refractivity contribution is -0.0154. The summed E-state index contributed by atoms with van der Waals surface area (Å²) in [4.78, 5) is 0. The fourth-order valence-electron chi connectivity index (χ4n) is 6.25. The van der Waals surface area contributed by atoms with Gasteiger partial charge in [-0.15, -0.1) is 0 Å². The van der Waals surface area contributed by atoms with E-state index in [0.29, 0.717) is 52.6 Å². The summed E-state index contributed by atoms with van der Waals surface area (Å²) in [5.41, 5.74) is 0.479. The van der Waals surface area contributed by atoms with Crippen molar-refractivity contribution in [3.05, 3.63) is 23.8 Å². The van der Waals surface area contributed by atoms with Crippen LogP contribution in [-0.4, -0.2) is 24.1 Å². The third-order valence-corrected chi connectivity index (χ3v) is 10.5. The third kappa shape index (κ3) is 6.09. The molecule has 4 rings (SSSR count). The summed E-state index contributed by atoms with van der Waals surface area (Å²) in [5, 5.41) is 11.6. The highest BCUT2D eigenvalue weighted by Crippen LogP contribution is 2.64. The van der Waals surface area contributed by atoms with E-state index in [1.807, 2.05) is 0 Å². The van der Waals surface area contributed by atoms with Crippen molar-refractivity contribution in [2.45, 2.75) is 98.1 Å². The van der Waals surface area contributed by atoms with Gasteiger partial charge in [0.25, 0.3) is 0 Å². The first kappa shape index (κ1) is 27.0. The second-order valence-corrected chi connectivity index (χ2v) is 14.0. The van der Waals surface area contributed by atoms with Gasteiger partial charge in [-0.05, 0) is 78.9 Å². The number of fused-ring (bicyclic) bond motifs is 1. The van der Waals surface area contributed by atoms with Crippen LogP contribution in [0, 0.1) is 35.5 Å². The summed E-state index contributed by atoms with van der Waals surface area (Å²) in [6.07, 6.45) is 5.63. The number of aliphatic hydroxyl groups excluding tert-OH is 1. The van der Waals surface area contributed by atoms with E-state index < -0.39 is 13.4 Å². The van der Waals surface area contributed by atoms with Gasteiger partial charge in [-0.2, -0.15) is 0 Å². The molecule has 1 aliphatic heterocycles. The zero-order valence-electron chi connectivity index (χ0n) is 22.3. The van der Waals surface area contributed by atoms with Crippen molar-refractivity contribution in [3.8, 4) is 11.5 Å². The second kappa shape index (κ2) is 11.1. The van der Waals surface area contributed by atoms with E-state index in [9.17, 15) is 9.67 Å². The van der Waals surface area contributed by atoms with Crippen LogP contribution >= 0.6 is 7.60 Å². The van der Waals surface area contributed by atoms with Gasteiger partial charge in [-0.25, -0.2) is 0 Å². The summed E-state index contributed by atoms with van der Waals surface area (Å²) >= 11 is 0. The molecule has 3 aliphatic rings. The third-order valence-electron chi connectivity index (χ3n) is 8.48. The molecule has 2 saturated carbocycles. The quantitative estimate of drug-likeness (QED) is 0.365. The Morgan fingerprint density at radius 2 is 1.37 bits per heavy atom. The number of hydrogen-bond donors (Lipinski definition) is 1. The van der Waals surface area contributed by atoms with E-state index in [1.54, 1.807) is 18.2 Å². The first-order valence-corrected chi connectivity index (χ1v) is 15.2. The predicted octanol–water partition coefficient (Wildman–Crippen LogP) is 7.55. The highest BCUT2D eigenvalue weighted by molar-refractivity contribution is 7.54. The minimum atomic E-state index is -3.94. The average Bonchev–Trinajstić information content (AvgIpc) is 3.26.